The van der Waals surface area contributed by atoms with Gasteiger partial charge < -0.3 is 30.3 Å². The van der Waals surface area contributed by atoms with Gasteiger partial charge in [0.05, 0.1) is 36.9 Å². The summed E-state index contributed by atoms with van der Waals surface area (Å²) in [5, 5.41) is 56.5. The van der Waals surface area contributed by atoms with Gasteiger partial charge >= 0.3 is 5.97 Å². The Morgan fingerprint density at radius 3 is 2.21 bits per heavy atom. The molecule has 0 aromatic rings. The minimum absolute atomic E-state index is 0.0275. The number of aliphatic hydroxyl groups is 5. The molecule has 4 saturated carbocycles. The molecule has 0 heterocycles. The lowest BCUT2D eigenvalue weighted by Crippen LogP contribution is -2.72. The highest BCUT2D eigenvalue weighted by Crippen LogP contribution is 2.75. The van der Waals surface area contributed by atoms with Crippen molar-refractivity contribution in [2.75, 3.05) is 13.2 Å². The van der Waals surface area contributed by atoms with E-state index in [-0.39, 0.29) is 41.3 Å². The normalized spacial score (nSPS) is 51.8. The summed E-state index contributed by atoms with van der Waals surface area (Å²) in [5.41, 5.74) is -1.30. The van der Waals surface area contributed by atoms with Crippen LogP contribution in [-0.2, 0) is 9.53 Å². The summed E-state index contributed by atoms with van der Waals surface area (Å²) >= 11 is 0. The number of fused-ring (bicyclic) bond motifs is 7. The Kier molecular flexibility index (Phi) is 7.76. The summed E-state index contributed by atoms with van der Waals surface area (Å²) < 4.78 is 6.05. The summed E-state index contributed by atoms with van der Waals surface area (Å²) in [6.07, 6.45) is 5.68. The van der Waals surface area contributed by atoms with Gasteiger partial charge in [0.1, 0.15) is 6.10 Å². The van der Waals surface area contributed by atoms with Crippen molar-refractivity contribution in [2.24, 2.45) is 50.2 Å². The van der Waals surface area contributed by atoms with Crippen molar-refractivity contribution in [3.8, 4) is 0 Å². The molecule has 42 heavy (non-hydrogen) atoms. The number of carbonyl (C=O) groups is 1. The van der Waals surface area contributed by atoms with E-state index in [1.54, 1.807) is 19.9 Å². The molecule has 5 N–H and O–H groups in total. The first-order valence-corrected chi connectivity index (χ1v) is 16.2. The number of ether oxygens (including phenoxy) is 1. The highest BCUT2D eigenvalue weighted by Gasteiger charge is 2.73. The van der Waals surface area contributed by atoms with Crippen LogP contribution in [0.25, 0.3) is 0 Å². The van der Waals surface area contributed by atoms with Crippen molar-refractivity contribution in [1.82, 2.24) is 0 Å². The van der Waals surface area contributed by atoms with Crippen molar-refractivity contribution < 1.29 is 35.1 Å². The van der Waals surface area contributed by atoms with Crippen molar-refractivity contribution in [3.63, 3.8) is 0 Å². The number of carbonyl (C=O) groups excluding carboxylic acids is 1. The summed E-state index contributed by atoms with van der Waals surface area (Å²) in [6, 6.07) is 0. The van der Waals surface area contributed by atoms with Gasteiger partial charge in [-0.05, 0) is 98.2 Å². The molecule has 238 valence electrons. The second kappa shape index (κ2) is 10.1. The van der Waals surface area contributed by atoms with Gasteiger partial charge in [0, 0.05) is 11.0 Å². The summed E-state index contributed by atoms with van der Waals surface area (Å²) in [7, 11) is 0. The molecule has 0 aromatic heterocycles. The Morgan fingerprint density at radius 2 is 1.62 bits per heavy atom. The second-order valence-electron chi connectivity index (χ2n) is 16.5. The SMILES string of the molecule is C/C=C(/C)C(=O)OC1C(O)C(C)(C)C[C@H]2C3=CC[C@@H]4[C@@]5(C)CCC(O)[C@@](C)(CO)[C@@H]5CC[C@@]4(C)[C@]3(C)CC(O)[C@@]12CO. The fourth-order valence-corrected chi connectivity index (χ4v) is 11.4. The zero-order chi connectivity index (χ0) is 31.3. The molecule has 0 saturated heterocycles. The van der Waals surface area contributed by atoms with Gasteiger partial charge in [-0.3, -0.25) is 0 Å². The standard InChI is InChI=1S/C35H56O7/c1-9-20(2)29(41)42-28-27(40)30(3,4)16-22-21-10-11-24-31(5)14-13-25(38)32(6,18-36)23(31)12-15-33(24,7)34(21,8)17-26(39)35(22,28)19-37/h9-10,22-28,36-40H,11-19H2,1-8H3/b20-9-/t22-,23+,24+,25?,26?,27?,28?,31-,32-,33+,34+,35-/m0/s1. The zero-order valence-electron chi connectivity index (χ0n) is 27.1. The topological polar surface area (TPSA) is 127 Å². The Labute approximate surface area is 252 Å². The van der Waals surface area contributed by atoms with Crippen LogP contribution < -0.4 is 0 Å². The molecule has 0 spiro atoms. The molecule has 0 radical (unpaired) electrons. The molecule has 0 bridgehead atoms. The third-order valence-corrected chi connectivity index (χ3v) is 14.5. The molecule has 12 atom stereocenters. The zero-order valence-corrected chi connectivity index (χ0v) is 27.1. The van der Waals surface area contributed by atoms with E-state index in [9.17, 15) is 30.3 Å². The van der Waals surface area contributed by atoms with E-state index >= 15 is 0 Å². The molecular weight excluding hydrogens is 532 g/mol. The van der Waals surface area contributed by atoms with Gasteiger partial charge in [-0.25, -0.2) is 4.79 Å². The second-order valence-corrected chi connectivity index (χ2v) is 16.5. The molecule has 7 nitrogen and oxygen atoms in total. The summed E-state index contributed by atoms with van der Waals surface area (Å²) in [6.45, 7) is 16.1. The van der Waals surface area contributed by atoms with Crippen LogP contribution in [0, 0.1) is 50.2 Å². The van der Waals surface area contributed by atoms with Crippen LogP contribution >= 0.6 is 0 Å². The predicted octanol–water partition coefficient (Wildman–Crippen LogP) is 4.54. The van der Waals surface area contributed by atoms with Crippen LogP contribution in [0.5, 0.6) is 0 Å². The van der Waals surface area contributed by atoms with E-state index in [0.717, 1.165) is 25.7 Å². The van der Waals surface area contributed by atoms with E-state index in [1.165, 1.54) is 5.57 Å². The third kappa shape index (κ3) is 3.92. The van der Waals surface area contributed by atoms with Gasteiger partial charge in [0.25, 0.3) is 0 Å². The fourth-order valence-electron chi connectivity index (χ4n) is 11.4. The Hall–Kier alpha value is -1.25. The summed E-state index contributed by atoms with van der Waals surface area (Å²) in [4.78, 5) is 13.1. The molecule has 0 aliphatic heterocycles. The van der Waals surface area contributed by atoms with Crippen molar-refractivity contribution >= 4 is 5.97 Å². The fraction of sp³-hybridized carbons (Fsp3) is 0.857. The van der Waals surface area contributed by atoms with Crippen molar-refractivity contribution in [1.29, 1.82) is 0 Å². The van der Waals surface area contributed by atoms with Gasteiger partial charge in [0.15, 0.2) is 0 Å². The Bertz CT molecular complexity index is 1160. The van der Waals surface area contributed by atoms with Crippen molar-refractivity contribution in [2.45, 2.75) is 125 Å². The minimum atomic E-state index is -1.21. The number of rotatable bonds is 4. The lowest BCUT2D eigenvalue weighted by Gasteiger charge is -2.72. The van der Waals surface area contributed by atoms with Crippen LogP contribution in [0.3, 0.4) is 0 Å². The molecule has 4 fully saturated rings. The molecule has 7 heteroatoms. The molecule has 5 aliphatic rings. The third-order valence-electron chi connectivity index (χ3n) is 14.5. The number of hydrogen-bond donors (Lipinski definition) is 5. The first-order chi connectivity index (χ1) is 19.4. The van der Waals surface area contributed by atoms with Crippen LogP contribution in [-0.4, -0.2) is 69.1 Å². The van der Waals surface area contributed by atoms with Gasteiger partial charge in [-0.1, -0.05) is 59.3 Å². The van der Waals surface area contributed by atoms with Crippen LogP contribution in [0.1, 0.15) is 100 Å². The maximum Gasteiger partial charge on any atom is 0.333 e. The Balaban J connectivity index is 1.62. The van der Waals surface area contributed by atoms with E-state index in [2.05, 4.69) is 33.8 Å². The highest BCUT2D eigenvalue weighted by molar-refractivity contribution is 5.87. The number of allylic oxidation sites excluding steroid dienone is 3. The molecule has 0 amide bonds. The molecule has 4 unspecified atom stereocenters. The predicted molar refractivity (Wildman–Crippen MR) is 161 cm³/mol. The lowest BCUT2D eigenvalue weighted by molar-refractivity contribution is -0.263. The van der Waals surface area contributed by atoms with Gasteiger partial charge in [-0.15, -0.1) is 0 Å². The Morgan fingerprint density at radius 1 is 0.952 bits per heavy atom. The van der Waals surface area contributed by atoms with E-state index in [4.69, 9.17) is 4.74 Å². The highest BCUT2D eigenvalue weighted by atomic mass is 16.6. The molecule has 5 aliphatic carbocycles. The van der Waals surface area contributed by atoms with Crippen LogP contribution in [0.4, 0.5) is 0 Å². The molecule has 0 aromatic carbocycles. The number of aliphatic hydroxyl groups excluding tert-OH is 5. The largest absolute Gasteiger partial charge is 0.455 e. The minimum Gasteiger partial charge on any atom is -0.455 e. The average molecular weight is 589 g/mol. The molecule has 5 rings (SSSR count). The van der Waals surface area contributed by atoms with Gasteiger partial charge in [0.2, 0.25) is 0 Å². The first kappa shape index (κ1) is 32.2. The quantitative estimate of drug-likeness (QED) is 0.185. The average Bonchev–Trinajstić information content (AvgIpc) is 2.93. The van der Waals surface area contributed by atoms with Gasteiger partial charge in [-0.2, -0.15) is 0 Å². The van der Waals surface area contributed by atoms with E-state index < -0.39 is 46.6 Å². The lowest BCUT2D eigenvalue weighted by atomic mass is 9.33. The van der Waals surface area contributed by atoms with Crippen LogP contribution in [0.15, 0.2) is 23.3 Å². The number of esters is 1. The van der Waals surface area contributed by atoms with E-state index in [1.807, 2.05) is 13.8 Å². The monoisotopic (exact) mass is 588 g/mol. The smallest absolute Gasteiger partial charge is 0.333 e. The summed E-state index contributed by atoms with van der Waals surface area (Å²) in [5.74, 6) is -0.299. The van der Waals surface area contributed by atoms with Crippen molar-refractivity contribution in [3.05, 3.63) is 23.3 Å². The molecular formula is C35H56O7. The number of hydrogen-bond acceptors (Lipinski definition) is 7. The van der Waals surface area contributed by atoms with Crippen LogP contribution in [0.2, 0.25) is 0 Å². The maximum absolute atomic E-state index is 13.1. The maximum atomic E-state index is 13.1. The van der Waals surface area contributed by atoms with E-state index in [0.29, 0.717) is 30.8 Å². The first-order valence-electron chi connectivity index (χ1n) is 16.2.